The number of carboxylic acids is 1. The van der Waals surface area contributed by atoms with Crippen molar-refractivity contribution in [2.24, 2.45) is 11.8 Å². The van der Waals surface area contributed by atoms with E-state index in [0.717, 1.165) is 17.9 Å². The highest BCUT2D eigenvalue weighted by atomic mass is 32.2. The highest BCUT2D eigenvalue weighted by molar-refractivity contribution is 7.99. The molecule has 1 aliphatic heterocycles. The number of carbonyl (C=O) groups is 1. The molecule has 1 saturated heterocycles. The summed E-state index contributed by atoms with van der Waals surface area (Å²) in [5.41, 5.74) is 0. The van der Waals surface area contributed by atoms with Gasteiger partial charge in [0.15, 0.2) is 0 Å². The van der Waals surface area contributed by atoms with Gasteiger partial charge in [-0.1, -0.05) is 0 Å². The lowest BCUT2D eigenvalue weighted by atomic mass is 9.95. The lowest BCUT2D eigenvalue weighted by molar-refractivity contribution is -0.143. The number of hydrogen-bond acceptors (Lipinski definition) is 3. The molecule has 70 valence electrons. The second-order valence-corrected chi connectivity index (χ2v) is 4.33. The summed E-state index contributed by atoms with van der Waals surface area (Å²) < 4.78 is 0. The summed E-state index contributed by atoms with van der Waals surface area (Å²) in [4.78, 5) is 10.6. The monoisotopic (exact) mass is 190 g/mol. The first-order chi connectivity index (χ1) is 5.74. The van der Waals surface area contributed by atoms with Crippen LogP contribution in [0.3, 0.4) is 0 Å². The molecule has 0 amide bonds. The molecule has 2 unspecified atom stereocenters. The molecule has 0 radical (unpaired) electrons. The van der Waals surface area contributed by atoms with Gasteiger partial charge >= 0.3 is 5.97 Å². The molecule has 1 fully saturated rings. The fourth-order valence-electron chi connectivity index (χ4n) is 1.43. The molecule has 4 heteroatoms. The topological polar surface area (TPSA) is 57.5 Å². The molecule has 1 aliphatic rings. The molecule has 0 spiro atoms. The Morgan fingerprint density at radius 3 is 2.83 bits per heavy atom. The smallest absolute Gasteiger partial charge is 0.308 e. The lowest BCUT2D eigenvalue weighted by Crippen LogP contribution is -2.21. The van der Waals surface area contributed by atoms with Crippen LogP contribution in [0.1, 0.15) is 12.8 Å². The van der Waals surface area contributed by atoms with Crippen molar-refractivity contribution in [3.63, 3.8) is 0 Å². The number of hydrogen-bond donors (Lipinski definition) is 2. The van der Waals surface area contributed by atoms with Gasteiger partial charge < -0.3 is 10.2 Å². The van der Waals surface area contributed by atoms with Crippen molar-refractivity contribution in [2.45, 2.75) is 12.8 Å². The number of thioether (sulfide) groups is 1. The van der Waals surface area contributed by atoms with Crippen LogP contribution in [0, 0.1) is 11.8 Å². The van der Waals surface area contributed by atoms with E-state index in [4.69, 9.17) is 10.2 Å². The van der Waals surface area contributed by atoms with E-state index in [1.54, 1.807) is 0 Å². The van der Waals surface area contributed by atoms with Crippen molar-refractivity contribution < 1.29 is 15.0 Å². The minimum atomic E-state index is -0.866. The molecule has 0 aromatic heterocycles. The Balaban J connectivity index is 2.30. The number of rotatable bonds is 4. The van der Waals surface area contributed by atoms with Gasteiger partial charge in [0.1, 0.15) is 0 Å². The van der Waals surface area contributed by atoms with Crippen LogP contribution in [-0.2, 0) is 4.79 Å². The molecule has 0 aromatic rings. The number of aliphatic hydroxyl groups is 1. The van der Waals surface area contributed by atoms with E-state index in [1.165, 1.54) is 0 Å². The fraction of sp³-hybridized carbons (Fsp3) is 0.875. The first kappa shape index (κ1) is 9.86. The number of aliphatic carboxylic acids is 1. The van der Waals surface area contributed by atoms with Gasteiger partial charge in [-0.3, -0.25) is 4.79 Å². The van der Waals surface area contributed by atoms with Crippen molar-refractivity contribution >= 4 is 17.7 Å². The van der Waals surface area contributed by atoms with E-state index in [1.807, 2.05) is 11.8 Å². The Morgan fingerprint density at radius 2 is 2.42 bits per heavy atom. The molecular weight excluding hydrogens is 176 g/mol. The lowest BCUT2D eigenvalue weighted by Gasteiger charge is -2.13. The predicted octanol–water partition coefficient (Wildman–Crippen LogP) is 0.823. The highest BCUT2D eigenvalue weighted by Crippen LogP contribution is 2.28. The average molecular weight is 190 g/mol. The summed E-state index contributed by atoms with van der Waals surface area (Å²) in [6.45, 7) is -0.226. The van der Waals surface area contributed by atoms with Gasteiger partial charge in [0, 0.05) is 0 Å². The summed E-state index contributed by atoms with van der Waals surface area (Å²) in [5.74, 6) is 1.29. The first-order valence-electron chi connectivity index (χ1n) is 4.15. The van der Waals surface area contributed by atoms with E-state index in [2.05, 4.69) is 0 Å². The standard InChI is InChI=1S/C8H14O3S/c9-4-7(8(10)11)3-6-1-2-12-5-6/h6-7,9H,1-5H2,(H,10,11). The molecule has 1 heterocycles. The molecule has 0 aromatic carbocycles. The largest absolute Gasteiger partial charge is 0.481 e. The predicted molar refractivity (Wildman–Crippen MR) is 48.3 cm³/mol. The van der Waals surface area contributed by atoms with Crippen molar-refractivity contribution in [1.82, 2.24) is 0 Å². The summed E-state index contributed by atoms with van der Waals surface area (Å²) in [7, 11) is 0. The van der Waals surface area contributed by atoms with Crippen LogP contribution in [0.25, 0.3) is 0 Å². The van der Waals surface area contributed by atoms with Crippen LogP contribution in [0.15, 0.2) is 0 Å². The molecule has 0 saturated carbocycles. The molecule has 0 bridgehead atoms. The molecule has 2 atom stereocenters. The van der Waals surface area contributed by atoms with Crippen LogP contribution in [0.4, 0.5) is 0 Å². The molecule has 2 N–H and O–H groups in total. The van der Waals surface area contributed by atoms with Gasteiger partial charge in [-0.25, -0.2) is 0 Å². The average Bonchev–Trinajstić information content (AvgIpc) is 2.51. The third-order valence-electron chi connectivity index (χ3n) is 2.21. The summed E-state index contributed by atoms with van der Waals surface area (Å²) in [6, 6.07) is 0. The Bertz CT molecular complexity index is 154. The molecule has 0 aliphatic carbocycles. The van der Waals surface area contributed by atoms with Gasteiger partial charge in [0.2, 0.25) is 0 Å². The van der Waals surface area contributed by atoms with Gasteiger partial charge in [0.05, 0.1) is 12.5 Å². The van der Waals surface area contributed by atoms with Gasteiger partial charge in [-0.05, 0) is 30.3 Å². The van der Waals surface area contributed by atoms with E-state index in [0.29, 0.717) is 12.3 Å². The maximum absolute atomic E-state index is 10.6. The SMILES string of the molecule is O=C(O)C(CO)CC1CCSC1. The number of carboxylic acid groups (broad SMARTS) is 1. The minimum Gasteiger partial charge on any atom is -0.481 e. The van der Waals surface area contributed by atoms with E-state index < -0.39 is 11.9 Å². The Kier molecular flexibility index (Phi) is 3.88. The zero-order chi connectivity index (χ0) is 8.97. The van der Waals surface area contributed by atoms with Crippen LogP contribution >= 0.6 is 11.8 Å². The third-order valence-corrected chi connectivity index (χ3v) is 3.44. The quantitative estimate of drug-likeness (QED) is 0.689. The fourth-order valence-corrected chi connectivity index (χ4v) is 2.73. The van der Waals surface area contributed by atoms with Crippen LogP contribution in [0.5, 0.6) is 0 Å². The molecule has 1 rings (SSSR count). The third kappa shape index (κ3) is 2.68. The zero-order valence-electron chi connectivity index (χ0n) is 6.90. The highest BCUT2D eigenvalue weighted by Gasteiger charge is 2.24. The Labute approximate surface area is 76.2 Å². The van der Waals surface area contributed by atoms with Gasteiger partial charge in [-0.15, -0.1) is 0 Å². The maximum atomic E-state index is 10.6. The van der Waals surface area contributed by atoms with Crippen molar-refractivity contribution in [3.8, 4) is 0 Å². The van der Waals surface area contributed by atoms with Gasteiger partial charge in [-0.2, -0.15) is 11.8 Å². The van der Waals surface area contributed by atoms with E-state index in [9.17, 15) is 4.79 Å². The Morgan fingerprint density at radius 1 is 1.67 bits per heavy atom. The van der Waals surface area contributed by atoms with Crippen molar-refractivity contribution in [3.05, 3.63) is 0 Å². The minimum absolute atomic E-state index is 0.226. The summed E-state index contributed by atoms with van der Waals surface area (Å²) >= 11 is 1.87. The van der Waals surface area contributed by atoms with E-state index in [-0.39, 0.29) is 6.61 Å². The molecule has 12 heavy (non-hydrogen) atoms. The second-order valence-electron chi connectivity index (χ2n) is 3.18. The van der Waals surface area contributed by atoms with Crippen molar-refractivity contribution in [2.75, 3.05) is 18.1 Å². The molecule has 3 nitrogen and oxygen atoms in total. The van der Waals surface area contributed by atoms with Crippen LogP contribution in [0.2, 0.25) is 0 Å². The first-order valence-corrected chi connectivity index (χ1v) is 5.31. The summed E-state index contributed by atoms with van der Waals surface area (Å²) in [6.07, 6.45) is 1.74. The molecular formula is C8H14O3S. The normalized spacial score (nSPS) is 25.6. The van der Waals surface area contributed by atoms with Crippen LogP contribution in [-0.4, -0.2) is 34.3 Å². The van der Waals surface area contributed by atoms with Crippen LogP contribution < -0.4 is 0 Å². The number of aliphatic hydroxyl groups excluding tert-OH is 1. The van der Waals surface area contributed by atoms with Crippen molar-refractivity contribution in [1.29, 1.82) is 0 Å². The van der Waals surface area contributed by atoms with E-state index >= 15 is 0 Å². The second kappa shape index (κ2) is 4.72. The maximum Gasteiger partial charge on any atom is 0.308 e. The van der Waals surface area contributed by atoms with Gasteiger partial charge in [0.25, 0.3) is 0 Å². The Hall–Kier alpha value is -0.220. The zero-order valence-corrected chi connectivity index (χ0v) is 7.72. The summed E-state index contributed by atoms with van der Waals surface area (Å²) in [5, 5.41) is 17.4.